The summed E-state index contributed by atoms with van der Waals surface area (Å²) >= 11 is 0. The fourth-order valence-corrected chi connectivity index (χ4v) is 2.54. The Balaban J connectivity index is 2.22. The highest BCUT2D eigenvalue weighted by atomic mass is 16.5. The van der Waals surface area contributed by atoms with E-state index in [2.05, 4.69) is 10.3 Å². The van der Waals surface area contributed by atoms with Crippen LogP contribution >= 0.6 is 0 Å². The Labute approximate surface area is 136 Å². The molecule has 0 saturated carbocycles. The first-order chi connectivity index (χ1) is 10.9. The zero-order chi connectivity index (χ0) is 17.0. The number of hydrogen-bond acceptors (Lipinski definition) is 5. The van der Waals surface area contributed by atoms with Gasteiger partial charge in [0.1, 0.15) is 11.2 Å². The van der Waals surface area contributed by atoms with Gasteiger partial charge in [-0.15, -0.1) is 0 Å². The summed E-state index contributed by atoms with van der Waals surface area (Å²) in [6.07, 6.45) is 0.546. The van der Waals surface area contributed by atoms with Crippen LogP contribution in [0.4, 0.5) is 5.69 Å². The molecule has 1 saturated heterocycles. The molecular weight excluding hydrogens is 296 g/mol. The second-order valence-corrected chi connectivity index (χ2v) is 5.95. The van der Waals surface area contributed by atoms with Crippen molar-refractivity contribution in [3.63, 3.8) is 0 Å². The molecule has 1 aliphatic rings. The van der Waals surface area contributed by atoms with Crippen molar-refractivity contribution in [2.45, 2.75) is 32.7 Å². The van der Waals surface area contributed by atoms with Crippen molar-refractivity contribution in [2.75, 3.05) is 32.0 Å². The Morgan fingerprint density at radius 2 is 2.22 bits per heavy atom. The molecule has 0 spiro atoms. The van der Waals surface area contributed by atoms with Gasteiger partial charge < -0.3 is 20.7 Å². The lowest BCUT2D eigenvalue weighted by Gasteiger charge is -2.41. The summed E-state index contributed by atoms with van der Waals surface area (Å²) in [6.45, 7) is 7.40. The van der Waals surface area contributed by atoms with Gasteiger partial charge in [-0.25, -0.2) is 4.98 Å². The highest BCUT2D eigenvalue weighted by Gasteiger charge is 2.41. The molecule has 1 aliphatic heterocycles. The van der Waals surface area contributed by atoms with Crippen LogP contribution in [0.15, 0.2) is 12.1 Å². The van der Waals surface area contributed by atoms with E-state index in [-0.39, 0.29) is 11.8 Å². The van der Waals surface area contributed by atoms with Crippen LogP contribution in [0, 0.1) is 0 Å². The van der Waals surface area contributed by atoms with Crippen LogP contribution in [0.5, 0.6) is 0 Å². The molecule has 2 amide bonds. The number of amides is 2. The van der Waals surface area contributed by atoms with Crippen LogP contribution in [0.2, 0.25) is 0 Å². The average Bonchev–Trinajstić information content (AvgIpc) is 2.51. The van der Waals surface area contributed by atoms with Crippen LogP contribution in [-0.2, 0) is 16.0 Å². The first kappa shape index (κ1) is 17.2. The minimum atomic E-state index is -0.899. The van der Waals surface area contributed by atoms with Crippen LogP contribution in [0.1, 0.15) is 37.0 Å². The number of nitrogens with zero attached hydrogens (tertiary/aromatic N) is 2. The van der Waals surface area contributed by atoms with E-state index in [1.165, 1.54) is 0 Å². The highest BCUT2D eigenvalue weighted by molar-refractivity contribution is 5.98. The maximum atomic E-state index is 12.8. The number of piperazine rings is 1. The lowest BCUT2D eigenvalue weighted by molar-refractivity contribution is -0.133. The summed E-state index contributed by atoms with van der Waals surface area (Å²) in [4.78, 5) is 30.7. The van der Waals surface area contributed by atoms with Crippen molar-refractivity contribution in [2.24, 2.45) is 0 Å². The molecule has 1 aromatic rings. The number of nitrogen functional groups attached to an aromatic ring is 1. The maximum Gasteiger partial charge on any atom is 0.273 e. The predicted molar refractivity (Wildman–Crippen MR) is 87.0 cm³/mol. The summed E-state index contributed by atoms with van der Waals surface area (Å²) < 4.78 is 5.31. The van der Waals surface area contributed by atoms with Gasteiger partial charge in [0, 0.05) is 26.1 Å². The summed E-state index contributed by atoms with van der Waals surface area (Å²) in [6, 6.07) is 3.28. The number of pyridine rings is 1. The molecule has 2 heterocycles. The molecule has 2 rings (SSSR count). The topological polar surface area (TPSA) is 97.5 Å². The number of nitrogens with two attached hydrogens (primary N) is 1. The van der Waals surface area contributed by atoms with Gasteiger partial charge in [0.25, 0.3) is 5.91 Å². The summed E-state index contributed by atoms with van der Waals surface area (Å²) in [5, 5.41) is 2.77. The minimum Gasteiger partial charge on any atom is -0.397 e. The first-order valence-corrected chi connectivity index (χ1v) is 7.81. The normalized spacial score (nSPS) is 17.0. The molecule has 0 unspecified atom stereocenters. The van der Waals surface area contributed by atoms with Crippen LogP contribution in [-0.4, -0.2) is 53.5 Å². The fourth-order valence-electron chi connectivity index (χ4n) is 2.54. The van der Waals surface area contributed by atoms with Crippen LogP contribution < -0.4 is 11.1 Å². The van der Waals surface area contributed by atoms with E-state index in [4.69, 9.17) is 10.5 Å². The number of aromatic nitrogens is 1. The van der Waals surface area contributed by atoms with Gasteiger partial charge in [0.15, 0.2) is 0 Å². The number of ether oxygens (including phenoxy) is 1. The van der Waals surface area contributed by atoms with Gasteiger partial charge in [-0.2, -0.15) is 0 Å². The van der Waals surface area contributed by atoms with Crippen molar-refractivity contribution < 1.29 is 14.3 Å². The first-order valence-electron chi connectivity index (χ1n) is 7.81. The molecular formula is C16H24N4O3. The van der Waals surface area contributed by atoms with Crippen LogP contribution in [0.3, 0.4) is 0 Å². The maximum absolute atomic E-state index is 12.8. The Bertz CT molecular complexity index is 601. The Kier molecular flexibility index (Phi) is 5.20. The largest absolute Gasteiger partial charge is 0.397 e. The summed E-state index contributed by atoms with van der Waals surface area (Å²) in [7, 11) is 0. The third-order valence-electron chi connectivity index (χ3n) is 4.01. The second-order valence-electron chi connectivity index (χ2n) is 5.95. The van der Waals surface area contributed by atoms with Gasteiger partial charge in [-0.3, -0.25) is 9.59 Å². The smallest absolute Gasteiger partial charge is 0.273 e. The van der Waals surface area contributed by atoms with Crippen molar-refractivity contribution in [3.8, 4) is 0 Å². The standard InChI is InChI=1S/C16H24N4O3/c1-4-23-10-7-12-11(17)5-6-13(19-12)14(21)20-9-8-18-15(22)16(20,2)3/h5-6H,4,7-10,17H2,1-3H3,(H,18,22). The van der Waals surface area contributed by atoms with Gasteiger partial charge in [-0.05, 0) is 32.9 Å². The van der Waals surface area contributed by atoms with Gasteiger partial charge >= 0.3 is 0 Å². The molecule has 0 aromatic carbocycles. The molecule has 1 aromatic heterocycles. The zero-order valence-corrected chi connectivity index (χ0v) is 13.9. The van der Waals surface area contributed by atoms with E-state index in [9.17, 15) is 9.59 Å². The number of hydrogen-bond donors (Lipinski definition) is 2. The molecule has 0 radical (unpaired) electrons. The van der Waals surface area contributed by atoms with E-state index >= 15 is 0 Å². The van der Waals surface area contributed by atoms with Crippen molar-refractivity contribution in [1.82, 2.24) is 15.2 Å². The Morgan fingerprint density at radius 1 is 1.48 bits per heavy atom. The number of rotatable bonds is 5. The van der Waals surface area contributed by atoms with E-state index < -0.39 is 5.54 Å². The molecule has 7 nitrogen and oxygen atoms in total. The summed E-state index contributed by atoms with van der Waals surface area (Å²) in [5.74, 6) is -0.424. The molecule has 23 heavy (non-hydrogen) atoms. The van der Waals surface area contributed by atoms with Crippen molar-refractivity contribution in [1.29, 1.82) is 0 Å². The summed E-state index contributed by atoms with van der Waals surface area (Å²) in [5.41, 5.74) is 6.50. The lowest BCUT2D eigenvalue weighted by Crippen LogP contribution is -2.63. The lowest BCUT2D eigenvalue weighted by atomic mass is 9.98. The zero-order valence-electron chi connectivity index (χ0n) is 13.9. The van der Waals surface area contributed by atoms with Gasteiger partial charge in [-0.1, -0.05) is 0 Å². The third kappa shape index (κ3) is 3.61. The molecule has 0 bridgehead atoms. The quantitative estimate of drug-likeness (QED) is 0.774. The Hall–Kier alpha value is -2.15. The van der Waals surface area contributed by atoms with E-state index in [1.54, 1.807) is 30.9 Å². The van der Waals surface area contributed by atoms with Crippen molar-refractivity contribution in [3.05, 3.63) is 23.5 Å². The van der Waals surface area contributed by atoms with Gasteiger partial charge in [0.05, 0.1) is 18.0 Å². The molecule has 126 valence electrons. The van der Waals surface area contributed by atoms with Crippen molar-refractivity contribution >= 4 is 17.5 Å². The van der Waals surface area contributed by atoms with E-state index in [1.807, 2.05) is 6.92 Å². The monoisotopic (exact) mass is 320 g/mol. The third-order valence-corrected chi connectivity index (χ3v) is 4.01. The number of carbonyl (C=O) groups is 2. The molecule has 1 fully saturated rings. The van der Waals surface area contributed by atoms with E-state index in [0.717, 1.165) is 0 Å². The predicted octanol–water partition coefficient (Wildman–Crippen LogP) is 0.593. The highest BCUT2D eigenvalue weighted by Crippen LogP contribution is 2.21. The SMILES string of the molecule is CCOCCc1nc(C(=O)N2CCNC(=O)C2(C)C)ccc1N. The number of anilines is 1. The fraction of sp³-hybridized carbons (Fsp3) is 0.562. The van der Waals surface area contributed by atoms with Crippen LogP contribution in [0.25, 0.3) is 0 Å². The number of carbonyl (C=O) groups excluding carboxylic acids is 2. The molecule has 7 heteroatoms. The number of nitrogens with one attached hydrogen (secondary N) is 1. The Morgan fingerprint density at radius 3 is 2.91 bits per heavy atom. The van der Waals surface area contributed by atoms with Gasteiger partial charge in [0.2, 0.25) is 5.91 Å². The second kappa shape index (κ2) is 6.95. The van der Waals surface area contributed by atoms with E-state index in [0.29, 0.717) is 49.8 Å². The minimum absolute atomic E-state index is 0.163. The molecule has 0 aliphatic carbocycles. The molecule has 3 N–H and O–H groups in total. The molecule has 0 atom stereocenters. The average molecular weight is 320 g/mol.